The molecule has 0 saturated carbocycles. The second kappa shape index (κ2) is 13.1. The highest BCUT2D eigenvalue weighted by atomic mass is 35.5. The number of hydrogen-bond donors (Lipinski definition) is 1. The molecule has 0 bridgehead atoms. The van der Waals surface area contributed by atoms with Crippen LogP contribution in [0.2, 0.25) is 10.0 Å². The predicted octanol–water partition coefficient (Wildman–Crippen LogP) is 5.84. The quantitative estimate of drug-likeness (QED) is 0.308. The van der Waals surface area contributed by atoms with E-state index in [-0.39, 0.29) is 11.4 Å². The number of ether oxygens (including phenoxy) is 1. The fourth-order valence-corrected chi connectivity index (χ4v) is 5.89. The number of anilines is 1. The number of sulfonamides is 1. The van der Waals surface area contributed by atoms with Crippen LogP contribution in [-0.4, -0.2) is 50.4 Å². The lowest BCUT2D eigenvalue weighted by atomic mass is 10.1. The molecule has 0 aromatic heterocycles. The standard InChI is InChI=1S/C30H35Cl2N3O5S/c1-20-7-11-24(12-8-20)35(41(38,39)26-15-13-25(40-6)14-16-26)19-28(36)34(21(2)29(37)33-30(3,4)5)18-22-9-10-23(31)17-27(22)32/h7-17,21H,18-19H2,1-6H3,(H,33,37)/t21-/m0/s1. The van der Waals surface area contributed by atoms with Crippen molar-refractivity contribution in [2.75, 3.05) is 18.0 Å². The van der Waals surface area contributed by atoms with Crippen LogP contribution in [-0.2, 0) is 26.2 Å². The molecule has 2 amide bonds. The fraction of sp³-hybridized carbons (Fsp3) is 0.333. The van der Waals surface area contributed by atoms with Gasteiger partial charge in [0, 0.05) is 22.1 Å². The van der Waals surface area contributed by atoms with Gasteiger partial charge in [0.15, 0.2) is 0 Å². The number of benzene rings is 3. The first kappa shape index (κ1) is 32.2. The van der Waals surface area contributed by atoms with Crippen molar-refractivity contribution in [1.82, 2.24) is 10.2 Å². The Morgan fingerprint density at radius 1 is 0.976 bits per heavy atom. The van der Waals surface area contributed by atoms with Gasteiger partial charge in [-0.05, 0) is 88.7 Å². The number of hydrogen-bond acceptors (Lipinski definition) is 5. The van der Waals surface area contributed by atoms with Crippen LogP contribution in [0.1, 0.15) is 38.8 Å². The van der Waals surface area contributed by atoms with E-state index < -0.39 is 40.0 Å². The predicted molar refractivity (Wildman–Crippen MR) is 163 cm³/mol. The van der Waals surface area contributed by atoms with Gasteiger partial charge in [0.2, 0.25) is 11.8 Å². The van der Waals surface area contributed by atoms with Gasteiger partial charge < -0.3 is 15.0 Å². The summed E-state index contributed by atoms with van der Waals surface area (Å²) in [6.45, 7) is 8.37. The smallest absolute Gasteiger partial charge is 0.264 e. The van der Waals surface area contributed by atoms with Gasteiger partial charge in [-0.2, -0.15) is 0 Å². The van der Waals surface area contributed by atoms with E-state index in [2.05, 4.69) is 5.32 Å². The molecular formula is C30H35Cl2N3O5S. The zero-order chi connectivity index (χ0) is 30.5. The minimum atomic E-state index is -4.20. The lowest BCUT2D eigenvalue weighted by Crippen LogP contribution is -2.54. The van der Waals surface area contributed by atoms with E-state index in [1.165, 1.54) is 36.3 Å². The lowest BCUT2D eigenvalue weighted by molar-refractivity contribution is -0.140. The van der Waals surface area contributed by atoms with Gasteiger partial charge in [-0.1, -0.05) is 47.0 Å². The Kier molecular flexibility index (Phi) is 10.3. The molecule has 8 nitrogen and oxygen atoms in total. The van der Waals surface area contributed by atoms with E-state index in [9.17, 15) is 18.0 Å². The number of rotatable bonds is 10. The van der Waals surface area contributed by atoms with E-state index in [1.54, 1.807) is 49.4 Å². The highest BCUT2D eigenvalue weighted by Crippen LogP contribution is 2.27. The van der Waals surface area contributed by atoms with Gasteiger partial charge >= 0.3 is 0 Å². The van der Waals surface area contributed by atoms with Crippen LogP contribution < -0.4 is 14.4 Å². The second-order valence-electron chi connectivity index (χ2n) is 10.7. The molecule has 0 fully saturated rings. The maximum atomic E-state index is 14.0. The number of nitrogens with one attached hydrogen (secondary N) is 1. The molecule has 11 heteroatoms. The molecule has 0 aliphatic rings. The van der Waals surface area contributed by atoms with E-state index >= 15 is 0 Å². The number of aryl methyl sites for hydroxylation is 1. The summed E-state index contributed by atoms with van der Waals surface area (Å²) in [6.07, 6.45) is 0. The maximum absolute atomic E-state index is 14.0. The number of halogens is 2. The lowest BCUT2D eigenvalue weighted by Gasteiger charge is -2.33. The molecule has 0 saturated heterocycles. The number of amides is 2. The average molecular weight is 621 g/mol. The molecule has 1 atom stereocenters. The van der Waals surface area contributed by atoms with Crippen molar-refractivity contribution in [3.05, 3.63) is 87.9 Å². The van der Waals surface area contributed by atoms with Gasteiger partial charge in [-0.25, -0.2) is 8.42 Å². The average Bonchev–Trinajstić information content (AvgIpc) is 2.90. The molecule has 0 aliphatic carbocycles. The van der Waals surface area contributed by atoms with Crippen LogP contribution in [0.5, 0.6) is 5.75 Å². The van der Waals surface area contributed by atoms with Crippen LogP contribution in [0.15, 0.2) is 71.6 Å². The Labute approximate surface area is 252 Å². The number of methoxy groups -OCH3 is 1. The van der Waals surface area contributed by atoms with Crippen LogP contribution in [0.4, 0.5) is 5.69 Å². The third-order valence-corrected chi connectivity index (χ3v) is 8.64. The molecule has 220 valence electrons. The van der Waals surface area contributed by atoms with Crippen molar-refractivity contribution in [1.29, 1.82) is 0 Å². The molecular weight excluding hydrogens is 585 g/mol. The summed E-state index contributed by atoms with van der Waals surface area (Å²) in [5, 5.41) is 3.63. The molecule has 3 aromatic rings. The van der Waals surface area contributed by atoms with E-state index in [4.69, 9.17) is 27.9 Å². The summed E-state index contributed by atoms with van der Waals surface area (Å²) in [5.74, 6) is -0.493. The molecule has 0 heterocycles. The molecule has 0 spiro atoms. The molecule has 0 unspecified atom stereocenters. The first-order chi connectivity index (χ1) is 19.1. The Hall–Kier alpha value is -3.27. The largest absolute Gasteiger partial charge is 0.497 e. The Morgan fingerprint density at radius 2 is 1.59 bits per heavy atom. The molecule has 41 heavy (non-hydrogen) atoms. The number of carbonyl (C=O) groups excluding carboxylic acids is 2. The summed E-state index contributed by atoms with van der Waals surface area (Å²) < 4.78 is 34.0. The summed E-state index contributed by atoms with van der Waals surface area (Å²) in [4.78, 5) is 28.5. The monoisotopic (exact) mass is 619 g/mol. The Morgan fingerprint density at radius 3 is 2.12 bits per heavy atom. The van der Waals surface area contributed by atoms with Gasteiger partial charge in [0.05, 0.1) is 17.7 Å². The number of carbonyl (C=O) groups is 2. The van der Waals surface area contributed by atoms with Gasteiger partial charge in [0.1, 0.15) is 18.3 Å². The minimum absolute atomic E-state index is 0.0162. The van der Waals surface area contributed by atoms with E-state index in [0.29, 0.717) is 27.0 Å². The van der Waals surface area contributed by atoms with Crippen molar-refractivity contribution < 1.29 is 22.7 Å². The first-order valence-electron chi connectivity index (χ1n) is 12.9. The molecule has 0 radical (unpaired) electrons. The highest BCUT2D eigenvalue weighted by molar-refractivity contribution is 7.92. The highest BCUT2D eigenvalue weighted by Gasteiger charge is 2.33. The topological polar surface area (TPSA) is 96.0 Å². The summed E-state index contributed by atoms with van der Waals surface area (Å²) in [5.41, 5.74) is 1.23. The van der Waals surface area contributed by atoms with Crippen molar-refractivity contribution in [3.8, 4) is 5.75 Å². The van der Waals surface area contributed by atoms with E-state index in [1.807, 2.05) is 27.7 Å². The van der Waals surface area contributed by atoms with Gasteiger partial charge in [-0.15, -0.1) is 0 Å². The Balaban J connectivity index is 2.05. The Bertz CT molecular complexity index is 1490. The minimum Gasteiger partial charge on any atom is -0.497 e. The molecule has 1 N–H and O–H groups in total. The normalized spacial score (nSPS) is 12.4. The van der Waals surface area contributed by atoms with Crippen molar-refractivity contribution >= 4 is 50.7 Å². The fourth-order valence-electron chi connectivity index (χ4n) is 4.00. The number of nitrogens with zero attached hydrogens (tertiary/aromatic N) is 2. The summed E-state index contributed by atoms with van der Waals surface area (Å²) in [7, 11) is -2.71. The third-order valence-electron chi connectivity index (χ3n) is 6.27. The summed E-state index contributed by atoms with van der Waals surface area (Å²) in [6, 6.07) is 16.6. The van der Waals surface area contributed by atoms with Crippen molar-refractivity contribution in [3.63, 3.8) is 0 Å². The first-order valence-corrected chi connectivity index (χ1v) is 15.1. The van der Waals surface area contributed by atoms with Crippen molar-refractivity contribution in [2.24, 2.45) is 0 Å². The van der Waals surface area contributed by atoms with Crippen LogP contribution >= 0.6 is 23.2 Å². The zero-order valence-electron chi connectivity index (χ0n) is 23.9. The zero-order valence-corrected chi connectivity index (χ0v) is 26.3. The second-order valence-corrected chi connectivity index (χ2v) is 13.4. The van der Waals surface area contributed by atoms with Gasteiger partial charge in [-0.3, -0.25) is 13.9 Å². The summed E-state index contributed by atoms with van der Waals surface area (Å²) >= 11 is 12.5. The SMILES string of the molecule is COc1ccc(S(=O)(=O)N(CC(=O)N(Cc2ccc(Cl)cc2Cl)[C@@H](C)C(=O)NC(C)(C)C)c2ccc(C)cc2)cc1. The molecule has 3 rings (SSSR count). The van der Waals surface area contributed by atoms with E-state index in [0.717, 1.165) is 9.87 Å². The van der Waals surface area contributed by atoms with Crippen molar-refractivity contribution in [2.45, 2.75) is 57.6 Å². The van der Waals surface area contributed by atoms with Crippen LogP contribution in [0, 0.1) is 6.92 Å². The molecule has 3 aromatic carbocycles. The van der Waals surface area contributed by atoms with Crippen LogP contribution in [0.25, 0.3) is 0 Å². The molecule has 0 aliphatic heterocycles. The van der Waals surface area contributed by atoms with Crippen LogP contribution in [0.3, 0.4) is 0 Å². The third kappa shape index (κ3) is 8.38. The maximum Gasteiger partial charge on any atom is 0.264 e. The van der Waals surface area contributed by atoms with Gasteiger partial charge in [0.25, 0.3) is 10.0 Å².